The average molecular weight is 123 g/mol. The summed E-state index contributed by atoms with van der Waals surface area (Å²) < 4.78 is 0. The van der Waals surface area contributed by atoms with E-state index in [2.05, 4.69) is 4.85 Å². The number of rotatable bonds is 0. The van der Waals surface area contributed by atoms with Gasteiger partial charge in [0.05, 0.1) is 6.57 Å². The van der Waals surface area contributed by atoms with Gasteiger partial charge >= 0.3 is 0 Å². The standard InChI is InChI=1S/C6H5NS/c1-5-3-8-4-6(5)7-2/h3-4H,1H3. The van der Waals surface area contributed by atoms with Crippen LogP contribution >= 0.6 is 11.3 Å². The van der Waals surface area contributed by atoms with E-state index >= 15 is 0 Å². The molecule has 1 aromatic heterocycles. The molecule has 0 unspecified atom stereocenters. The zero-order valence-corrected chi connectivity index (χ0v) is 5.33. The van der Waals surface area contributed by atoms with Gasteiger partial charge in [0.25, 0.3) is 0 Å². The van der Waals surface area contributed by atoms with Crippen molar-refractivity contribution in [3.05, 3.63) is 27.7 Å². The molecular formula is C6H5NS. The summed E-state index contributed by atoms with van der Waals surface area (Å²) in [5.74, 6) is 0. The van der Waals surface area contributed by atoms with Crippen molar-refractivity contribution in [1.82, 2.24) is 0 Å². The fourth-order valence-corrected chi connectivity index (χ4v) is 1.23. The van der Waals surface area contributed by atoms with Crippen LogP contribution in [-0.2, 0) is 0 Å². The molecule has 0 bridgehead atoms. The smallest absolute Gasteiger partial charge is 0.200 e. The Kier molecular flexibility index (Phi) is 1.32. The van der Waals surface area contributed by atoms with Crippen LogP contribution in [0.3, 0.4) is 0 Å². The highest BCUT2D eigenvalue weighted by molar-refractivity contribution is 7.08. The van der Waals surface area contributed by atoms with Crippen molar-refractivity contribution >= 4 is 17.0 Å². The van der Waals surface area contributed by atoms with Gasteiger partial charge in [-0.1, -0.05) is 0 Å². The SMILES string of the molecule is [C-]#[N+]c1cscc1C. The van der Waals surface area contributed by atoms with E-state index in [9.17, 15) is 0 Å². The van der Waals surface area contributed by atoms with Crippen LogP contribution in [0.15, 0.2) is 10.8 Å². The molecule has 0 aliphatic heterocycles. The summed E-state index contributed by atoms with van der Waals surface area (Å²) in [6.45, 7) is 8.58. The third-order valence-corrected chi connectivity index (χ3v) is 1.80. The van der Waals surface area contributed by atoms with Gasteiger partial charge in [0.1, 0.15) is 0 Å². The van der Waals surface area contributed by atoms with Crippen LogP contribution in [0.25, 0.3) is 4.85 Å². The molecule has 1 aromatic rings. The summed E-state index contributed by atoms with van der Waals surface area (Å²) in [6, 6.07) is 0. The van der Waals surface area contributed by atoms with Gasteiger partial charge in [0, 0.05) is 0 Å². The van der Waals surface area contributed by atoms with Crippen LogP contribution < -0.4 is 0 Å². The fourth-order valence-electron chi connectivity index (χ4n) is 0.468. The number of thiophene rings is 1. The minimum absolute atomic E-state index is 0.787. The van der Waals surface area contributed by atoms with Gasteiger partial charge in [-0.3, -0.25) is 0 Å². The van der Waals surface area contributed by atoms with Crippen molar-refractivity contribution in [2.45, 2.75) is 6.92 Å². The Labute approximate surface area is 52.4 Å². The van der Waals surface area contributed by atoms with Gasteiger partial charge in [-0.05, 0) is 23.2 Å². The Bertz CT molecular complexity index is 219. The number of nitrogens with zero attached hydrogens (tertiary/aromatic N) is 1. The molecule has 0 N–H and O–H groups in total. The predicted octanol–water partition coefficient (Wildman–Crippen LogP) is 2.61. The lowest BCUT2D eigenvalue weighted by Crippen LogP contribution is -1.54. The fraction of sp³-hybridized carbons (Fsp3) is 0.167. The lowest BCUT2D eigenvalue weighted by atomic mass is 10.3. The van der Waals surface area contributed by atoms with Gasteiger partial charge in [-0.15, -0.1) is 0 Å². The highest BCUT2D eigenvalue weighted by atomic mass is 32.1. The number of aryl methyl sites for hydroxylation is 1. The molecule has 0 amide bonds. The van der Waals surface area contributed by atoms with E-state index in [0.717, 1.165) is 11.3 Å². The van der Waals surface area contributed by atoms with Crippen molar-refractivity contribution in [3.63, 3.8) is 0 Å². The maximum atomic E-state index is 6.63. The summed E-state index contributed by atoms with van der Waals surface area (Å²) >= 11 is 1.58. The summed E-state index contributed by atoms with van der Waals surface area (Å²) in [6.07, 6.45) is 0. The molecule has 40 valence electrons. The van der Waals surface area contributed by atoms with Crippen molar-refractivity contribution in [2.24, 2.45) is 0 Å². The third-order valence-electron chi connectivity index (χ3n) is 0.949. The van der Waals surface area contributed by atoms with Gasteiger partial charge in [-0.25, -0.2) is 4.85 Å². The average Bonchev–Trinajstić information content (AvgIpc) is 2.14. The molecule has 0 saturated carbocycles. The van der Waals surface area contributed by atoms with Crippen LogP contribution in [0.4, 0.5) is 5.69 Å². The van der Waals surface area contributed by atoms with Crippen LogP contribution in [0.1, 0.15) is 5.56 Å². The van der Waals surface area contributed by atoms with Crippen LogP contribution in [0.2, 0.25) is 0 Å². The van der Waals surface area contributed by atoms with Gasteiger partial charge < -0.3 is 0 Å². The van der Waals surface area contributed by atoms with Crippen molar-refractivity contribution < 1.29 is 0 Å². The summed E-state index contributed by atoms with van der Waals surface area (Å²) in [7, 11) is 0. The first-order chi connectivity index (χ1) is 3.84. The molecule has 0 spiro atoms. The first kappa shape index (κ1) is 5.33. The number of hydrogen-bond acceptors (Lipinski definition) is 1. The Morgan fingerprint density at radius 2 is 2.38 bits per heavy atom. The Morgan fingerprint density at radius 3 is 2.62 bits per heavy atom. The highest BCUT2D eigenvalue weighted by Crippen LogP contribution is 2.21. The van der Waals surface area contributed by atoms with E-state index in [1.807, 2.05) is 17.7 Å². The maximum Gasteiger partial charge on any atom is 0.200 e. The quantitative estimate of drug-likeness (QED) is 0.467. The van der Waals surface area contributed by atoms with E-state index in [0.29, 0.717) is 0 Å². The summed E-state index contributed by atoms with van der Waals surface area (Å²) in [5.41, 5.74) is 1.88. The zero-order chi connectivity index (χ0) is 5.98. The largest absolute Gasteiger partial charge is 0.237 e. The second-order valence-corrected chi connectivity index (χ2v) is 2.30. The maximum absolute atomic E-state index is 6.63. The third kappa shape index (κ3) is 0.728. The van der Waals surface area contributed by atoms with Crippen molar-refractivity contribution in [1.29, 1.82) is 0 Å². The summed E-state index contributed by atoms with van der Waals surface area (Å²) in [5, 5.41) is 3.84. The van der Waals surface area contributed by atoms with E-state index in [1.165, 1.54) is 0 Å². The molecule has 2 heteroatoms. The molecule has 0 aliphatic rings. The molecule has 1 rings (SSSR count). The normalized spacial score (nSPS) is 8.50. The Morgan fingerprint density at radius 1 is 1.62 bits per heavy atom. The first-order valence-corrected chi connectivity index (χ1v) is 3.19. The van der Waals surface area contributed by atoms with Crippen LogP contribution in [0.5, 0.6) is 0 Å². The van der Waals surface area contributed by atoms with E-state index < -0.39 is 0 Å². The topological polar surface area (TPSA) is 4.36 Å². The molecule has 0 radical (unpaired) electrons. The van der Waals surface area contributed by atoms with Crippen molar-refractivity contribution in [2.75, 3.05) is 0 Å². The Hall–Kier alpha value is -0.810. The van der Waals surface area contributed by atoms with Gasteiger partial charge in [0.15, 0.2) is 0 Å². The lowest BCUT2D eigenvalue weighted by Gasteiger charge is -1.77. The molecule has 0 fully saturated rings. The monoisotopic (exact) mass is 123 g/mol. The second kappa shape index (κ2) is 1.97. The van der Waals surface area contributed by atoms with Gasteiger partial charge in [-0.2, -0.15) is 11.3 Å². The molecule has 1 nitrogen and oxygen atoms in total. The van der Waals surface area contributed by atoms with E-state index in [1.54, 1.807) is 11.3 Å². The molecule has 0 saturated heterocycles. The molecular weight excluding hydrogens is 118 g/mol. The molecule has 0 atom stereocenters. The minimum Gasteiger partial charge on any atom is -0.237 e. The number of hydrogen-bond donors (Lipinski definition) is 0. The molecule has 0 aliphatic carbocycles. The van der Waals surface area contributed by atoms with E-state index in [-0.39, 0.29) is 0 Å². The zero-order valence-electron chi connectivity index (χ0n) is 4.51. The predicted molar refractivity (Wildman–Crippen MR) is 35.3 cm³/mol. The van der Waals surface area contributed by atoms with Crippen LogP contribution in [-0.4, -0.2) is 0 Å². The summed E-state index contributed by atoms with van der Waals surface area (Å²) in [4.78, 5) is 3.29. The van der Waals surface area contributed by atoms with Gasteiger partial charge in [0.2, 0.25) is 5.69 Å². The van der Waals surface area contributed by atoms with Crippen LogP contribution in [0, 0.1) is 13.5 Å². The molecule has 1 heterocycles. The lowest BCUT2D eigenvalue weighted by molar-refractivity contribution is 1.57. The second-order valence-electron chi connectivity index (χ2n) is 1.55. The van der Waals surface area contributed by atoms with Crippen molar-refractivity contribution in [3.8, 4) is 0 Å². The minimum atomic E-state index is 0.787. The molecule has 0 aromatic carbocycles. The molecule has 8 heavy (non-hydrogen) atoms. The highest BCUT2D eigenvalue weighted by Gasteiger charge is 1.93. The van der Waals surface area contributed by atoms with E-state index in [4.69, 9.17) is 6.57 Å². The Balaban J connectivity index is 3.15. The first-order valence-electron chi connectivity index (χ1n) is 2.25.